The van der Waals surface area contributed by atoms with Gasteiger partial charge in [0.15, 0.2) is 0 Å². The van der Waals surface area contributed by atoms with Crippen molar-refractivity contribution in [3.05, 3.63) is 29.3 Å². The Bertz CT molecular complexity index is 507. The van der Waals surface area contributed by atoms with Crippen molar-refractivity contribution in [1.29, 1.82) is 0 Å². The van der Waals surface area contributed by atoms with Crippen molar-refractivity contribution in [1.82, 2.24) is 0 Å². The standard InChI is InChI=1S/C14H17F2NO3/c1-19-8-3-2-4-9(5-8)20-14(18)10-6-13(17)12(16)7-11(10)15/h6-9H,2-5,17H2,1H3. The highest BCUT2D eigenvalue weighted by Gasteiger charge is 2.26. The summed E-state index contributed by atoms with van der Waals surface area (Å²) in [6.07, 6.45) is 2.83. The summed E-state index contributed by atoms with van der Waals surface area (Å²) in [7, 11) is 1.61. The average Bonchev–Trinajstić information content (AvgIpc) is 2.43. The van der Waals surface area contributed by atoms with Crippen LogP contribution in [-0.2, 0) is 9.47 Å². The smallest absolute Gasteiger partial charge is 0.341 e. The average molecular weight is 285 g/mol. The van der Waals surface area contributed by atoms with Gasteiger partial charge in [0.25, 0.3) is 0 Å². The lowest BCUT2D eigenvalue weighted by Crippen LogP contribution is -2.29. The Labute approximate surface area is 115 Å². The van der Waals surface area contributed by atoms with Gasteiger partial charge < -0.3 is 15.2 Å². The van der Waals surface area contributed by atoms with Gasteiger partial charge in [-0.1, -0.05) is 0 Å². The third kappa shape index (κ3) is 3.25. The molecule has 2 N–H and O–H groups in total. The molecule has 0 heterocycles. The van der Waals surface area contributed by atoms with Gasteiger partial charge in [-0.3, -0.25) is 0 Å². The molecule has 20 heavy (non-hydrogen) atoms. The summed E-state index contributed by atoms with van der Waals surface area (Å²) in [4.78, 5) is 11.9. The number of rotatable bonds is 3. The van der Waals surface area contributed by atoms with Crippen molar-refractivity contribution in [2.24, 2.45) is 0 Å². The number of esters is 1. The predicted molar refractivity (Wildman–Crippen MR) is 69.2 cm³/mol. The SMILES string of the molecule is COC1CCCC(OC(=O)c2cc(N)c(F)cc2F)C1. The van der Waals surface area contributed by atoms with Gasteiger partial charge in [0.2, 0.25) is 0 Å². The Balaban J connectivity index is 2.06. The number of nitrogens with two attached hydrogens (primary N) is 1. The predicted octanol–water partition coefficient (Wildman–Crippen LogP) is 2.66. The first-order valence-corrected chi connectivity index (χ1v) is 6.49. The summed E-state index contributed by atoms with van der Waals surface area (Å²) < 4.78 is 37.1. The molecule has 1 saturated carbocycles. The Morgan fingerprint density at radius 1 is 1.25 bits per heavy atom. The molecule has 0 spiro atoms. The summed E-state index contributed by atoms with van der Waals surface area (Å²) in [5.74, 6) is -2.69. The third-order valence-corrected chi connectivity index (χ3v) is 3.49. The van der Waals surface area contributed by atoms with E-state index in [-0.39, 0.29) is 23.5 Å². The van der Waals surface area contributed by atoms with Gasteiger partial charge >= 0.3 is 5.97 Å². The second kappa shape index (κ2) is 6.17. The molecule has 110 valence electrons. The summed E-state index contributed by atoms with van der Waals surface area (Å²) in [6, 6.07) is 1.55. The highest BCUT2D eigenvalue weighted by Crippen LogP contribution is 2.25. The van der Waals surface area contributed by atoms with Crippen molar-refractivity contribution in [3.63, 3.8) is 0 Å². The first kappa shape index (κ1) is 14.7. The van der Waals surface area contributed by atoms with Crippen molar-refractivity contribution >= 4 is 11.7 Å². The zero-order valence-corrected chi connectivity index (χ0v) is 11.2. The van der Waals surface area contributed by atoms with Crippen LogP contribution in [-0.4, -0.2) is 25.3 Å². The molecule has 1 aliphatic rings. The molecule has 1 aromatic rings. The van der Waals surface area contributed by atoms with Crippen LogP contribution in [0.2, 0.25) is 0 Å². The molecule has 6 heteroatoms. The summed E-state index contributed by atoms with van der Waals surface area (Å²) in [5.41, 5.74) is 4.71. The molecule has 0 radical (unpaired) electrons. The molecule has 1 aromatic carbocycles. The summed E-state index contributed by atoms with van der Waals surface area (Å²) in [6.45, 7) is 0. The van der Waals surface area contributed by atoms with Crippen LogP contribution < -0.4 is 5.73 Å². The Kier molecular flexibility index (Phi) is 4.54. The van der Waals surface area contributed by atoms with Gasteiger partial charge in [-0.15, -0.1) is 0 Å². The number of nitrogen functional groups attached to an aromatic ring is 1. The molecule has 0 bridgehead atoms. The molecule has 2 atom stereocenters. The van der Waals surface area contributed by atoms with Crippen molar-refractivity contribution in [3.8, 4) is 0 Å². The molecule has 0 amide bonds. The number of hydrogen-bond acceptors (Lipinski definition) is 4. The van der Waals surface area contributed by atoms with Crippen LogP contribution in [0.4, 0.5) is 14.5 Å². The quantitative estimate of drug-likeness (QED) is 0.685. The van der Waals surface area contributed by atoms with E-state index in [2.05, 4.69) is 0 Å². The molecule has 1 aliphatic carbocycles. The number of hydrogen-bond donors (Lipinski definition) is 1. The second-order valence-electron chi connectivity index (χ2n) is 4.91. The maximum absolute atomic E-state index is 13.6. The molecular weight excluding hydrogens is 268 g/mol. The normalized spacial score (nSPS) is 22.6. The highest BCUT2D eigenvalue weighted by atomic mass is 19.1. The molecule has 1 fully saturated rings. The Hall–Kier alpha value is -1.69. The van der Waals surface area contributed by atoms with E-state index in [4.69, 9.17) is 15.2 Å². The number of benzene rings is 1. The van der Waals surface area contributed by atoms with E-state index in [0.717, 1.165) is 18.9 Å². The monoisotopic (exact) mass is 285 g/mol. The van der Waals surface area contributed by atoms with Gasteiger partial charge in [-0.25, -0.2) is 13.6 Å². The van der Waals surface area contributed by atoms with E-state index in [1.54, 1.807) is 7.11 Å². The van der Waals surface area contributed by atoms with E-state index >= 15 is 0 Å². The fourth-order valence-corrected chi connectivity index (χ4v) is 2.36. The molecule has 0 saturated heterocycles. The fraction of sp³-hybridized carbons (Fsp3) is 0.500. The van der Waals surface area contributed by atoms with Crippen LogP contribution in [0.3, 0.4) is 0 Å². The molecular formula is C14H17F2NO3. The van der Waals surface area contributed by atoms with Crippen LogP contribution in [0.5, 0.6) is 0 Å². The van der Waals surface area contributed by atoms with Crippen LogP contribution in [0.1, 0.15) is 36.0 Å². The van der Waals surface area contributed by atoms with Crippen LogP contribution in [0.25, 0.3) is 0 Å². The molecule has 0 aromatic heterocycles. The second-order valence-corrected chi connectivity index (χ2v) is 4.91. The third-order valence-electron chi connectivity index (χ3n) is 3.49. The van der Waals surface area contributed by atoms with Gasteiger partial charge in [0.1, 0.15) is 17.7 Å². The zero-order chi connectivity index (χ0) is 14.7. The topological polar surface area (TPSA) is 61.5 Å². The number of halogens is 2. The maximum Gasteiger partial charge on any atom is 0.341 e. The molecule has 2 rings (SSSR count). The van der Waals surface area contributed by atoms with E-state index in [9.17, 15) is 13.6 Å². The van der Waals surface area contributed by atoms with Crippen molar-refractivity contribution < 1.29 is 23.0 Å². The van der Waals surface area contributed by atoms with Crippen LogP contribution in [0, 0.1) is 11.6 Å². The Morgan fingerprint density at radius 2 is 1.95 bits per heavy atom. The van der Waals surface area contributed by atoms with E-state index in [1.807, 2.05) is 0 Å². The minimum atomic E-state index is -0.971. The first-order chi connectivity index (χ1) is 9.51. The maximum atomic E-state index is 13.6. The number of methoxy groups -OCH3 is 1. The van der Waals surface area contributed by atoms with Crippen LogP contribution in [0.15, 0.2) is 12.1 Å². The van der Waals surface area contributed by atoms with E-state index < -0.39 is 17.6 Å². The number of carbonyl (C=O) groups excluding carboxylic acids is 1. The minimum absolute atomic E-state index is 0.0460. The molecule has 4 nitrogen and oxygen atoms in total. The molecule has 0 aliphatic heterocycles. The minimum Gasteiger partial charge on any atom is -0.459 e. The lowest BCUT2D eigenvalue weighted by Gasteiger charge is -2.27. The summed E-state index contributed by atoms with van der Waals surface area (Å²) in [5, 5.41) is 0. The van der Waals surface area contributed by atoms with E-state index in [1.165, 1.54) is 0 Å². The number of anilines is 1. The lowest BCUT2D eigenvalue weighted by molar-refractivity contribution is -0.0152. The first-order valence-electron chi connectivity index (χ1n) is 6.49. The van der Waals surface area contributed by atoms with E-state index in [0.29, 0.717) is 18.9 Å². The van der Waals surface area contributed by atoms with Gasteiger partial charge in [0.05, 0.1) is 17.4 Å². The number of carbonyl (C=O) groups is 1. The van der Waals surface area contributed by atoms with Crippen molar-refractivity contribution in [2.75, 3.05) is 12.8 Å². The molecule has 2 unspecified atom stereocenters. The van der Waals surface area contributed by atoms with Gasteiger partial charge in [-0.05, 0) is 25.3 Å². The summed E-state index contributed by atoms with van der Waals surface area (Å²) >= 11 is 0. The lowest BCUT2D eigenvalue weighted by atomic mass is 9.95. The number of ether oxygens (including phenoxy) is 2. The van der Waals surface area contributed by atoms with Gasteiger partial charge in [0, 0.05) is 19.6 Å². The van der Waals surface area contributed by atoms with Crippen molar-refractivity contribution in [2.45, 2.75) is 37.9 Å². The largest absolute Gasteiger partial charge is 0.459 e. The fourth-order valence-electron chi connectivity index (χ4n) is 2.36. The highest BCUT2D eigenvalue weighted by molar-refractivity contribution is 5.90. The zero-order valence-electron chi connectivity index (χ0n) is 11.2. The Morgan fingerprint density at radius 3 is 2.65 bits per heavy atom. The van der Waals surface area contributed by atoms with Crippen LogP contribution >= 0.6 is 0 Å². The van der Waals surface area contributed by atoms with Gasteiger partial charge in [-0.2, -0.15) is 0 Å².